The number of fused-ring (bicyclic) bond motifs is 1. The number of aliphatic carboxylic acids is 1. The van der Waals surface area contributed by atoms with Crippen LogP contribution in [0.25, 0.3) is 11.1 Å². The van der Waals surface area contributed by atoms with Gasteiger partial charge in [-0.2, -0.15) is 0 Å². The molecule has 1 N–H and O–H groups in total. The number of rotatable bonds is 7. The van der Waals surface area contributed by atoms with Crippen molar-refractivity contribution in [3.05, 3.63) is 82.9 Å². The van der Waals surface area contributed by atoms with Crippen molar-refractivity contribution < 1.29 is 19.0 Å². The monoisotopic (exact) mass is 445 g/mol. The van der Waals surface area contributed by atoms with Crippen LogP contribution in [0, 0.1) is 24.6 Å². The summed E-state index contributed by atoms with van der Waals surface area (Å²) in [5.41, 5.74) is 5.38. The largest absolute Gasteiger partial charge is 0.484 e. The van der Waals surface area contributed by atoms with Crippen LogP contribution in [0.15, 0.2) is 54.7 Å². The molecule has 1 saturated carbocycles. The number of hydrogen-bond donors (Lipinski definition) is 1. The molecule has 2 aliphatic rings. The van der Waals surface area contributed by atoms with Crippen LogP contribution >= 0.6 is 0 Å². The van der Waals surface area contributed by atoms with E-state index in [0.29, 0.717) is 11.5 Å². The summed E-state index contributed by atoms with van der Waals surface area (Å²) in [5, 5.41) is 9.57. The first kappa shape index (κ1) is 21.6. The minimum atomic E-state index is -0.756. The highest BCUT2D eigenvalue weighted by molar-refractivity contribution is 5.71. The van der Waals surface area contributed by atoms with Crippen LogP contribution < -0.4 is 4.74 Å². The maximum absolute atomic E-state index is 14.4. The van der Waals surface area contributed by atoms with Crippen molar-refractivity contribution in [2.45, 2.75) is 51.6 Å². The van der Waals surface area contributed by atoms with E-state index >= 15 is 0 Å². The van der Waals surface area contributed by atoms with Gasteiger partial charge in [0.25, 0.3) is 0 Å². The second kappa shape index (κ2) is 8.62. The van der Waals surface area contributed by atoms with Gasteiger partial charge in [0.15, 0.2) is 0 Å². The molecule has 1 heterocycles. The van der Waals surface area contributed by atoms with E-state index in [4.69, 9.17) is 4.74 Å². The zero-order valence-electron chi connectivity index (χ0n) is 18.9. The summed E-state index contributed by atoms with van der Waals surface area (Å²) in [5.74, 6) is -0.252. The number of ether oxygens (including phenoxy) is 1. The number of carbonyl (C=O) groups is 1. The molecule has 0 aliphatic heterocycles. The van der Waals surface area contributed by atoms with Crippen molar-refractivity contribution in [3.8, 4) is 16.9 Å². The summed E-state index contributed by atoms with van der Waals surface area (Å²) in [6, 6.07) is 15.0. The first-order valence-corrected chi connectivity index (χ1v) is 11.7. The van der Waals surface area contributed by atoms with E-state index in [0.717, 1.165) is 59.4 Å². The number of carboxylic acids is 1. The number of halogens is 1. The second-order valence-corrected chi connectivity index (χ2v) is 9.46. The number of benzene rings is 2. The Morgan fingerprint density at radius 3 is 2.73 bits per heavy atom. The molecule has 0 bridgehead atoms. The van der Waals surface area contributed by atoms with Crippen molar-refractivity contribution >= 4 is 5.97 Å². The Hall–Kier alpha value is -3.21. The zero-order valence-corrected chi connectivity index (χ0v) is 18.9. The van der Waals surface area contributed by atoms with E-state index in [1.807, 2.05) is 43.3 Å². The van der Waals surface area contributed by atoms with Crippen molar-refractivity contribution in [2.24, 2.45) is 11.8 Å². The lowest BCUT2D eigenvalue weighted by atomic mass is 9.83. The molecule has 3 aromatic rings. The van der Waals surface area contributed by atoms with Gasteiger partial charge in [0.05, 0.1) is 11.6 Å². The van der Waals surface area contributed by atoms with Crippen LogP contribution in [0.3, 0.4) is 0 Å². The molecule has 0 unspecified atom stereocenters. The highest BCUT2D eigenvalue weighted by Gasteiger charge is 2.38. The normalized spacial score (nSPS) is 19.1. The molecule has 5 heteroatoms. The Labute approximate surface area is 193 Å². The third kappa shape index (κ3) is 4.37. The molecule has 2 aliphatic carbocycles. The molecule has 1 fully saturated rings. The molecule has 0 saturated heterocycles. The highest BCUT2D eigenvalue weighted by atomic mass is 19.1. The average molecular weight is 446 g/mol. The van der Waals surface area contributed by atoms with Gasteiger partial charge in [-0.1, -0.05) is 30.7 Å². The minimum absolute atomic E-state index is 0.00632. The predicted octanol–water partition coefficient (Wildman–Crippen LogP) is 6.48. The third-order valence-corrected chi connectivity index (χ3v) is 6.99. The van der Waals surface area contributed by atoms with E-state index in [2.05, 4.69) is 4.98 Å². The number of nitrogens with zero attached hydrogens (tertiary/aromatic N) is 1. The average Bonchev–Trinajstić information content (AvgIpc) is 3.56. The highest BCUT2D eigenvalue weighted by Crippen LogP contribution is 2.47. The molecular weight excluding hydrogens is 417 g/mol. The first-order valence-electron chi connectivity index (χ1n) is 11.7. The Morgan fingerprint density at radius 2 is 1.97 bits per heavy atom. The summed E-state index contributed by atoms with van der Waals surface area (Å²) in [4.78, 5) is 16.3. The fraction of sp³-hybridized carbons (Fsp3) is 0.357. The fourth-order valence-electron chi connectivity index (χ4n) is 5.09. The molecule has 170 valence electrons. The van der Waals surface area contributed by atoms with Gasteiger partial charge in [-0.3, -0.25) is 9.78 Å². The second-order valence-electron chi connectivity index (χ2n) is 9.46. The standard InChI is InChI=1S/C28H28FNO3/c1-16-6-10-24(29)23(12-16)21-13-20-9-11-25(27(20)30-15-21)33-22-5-3-4-19(14-22)26(18-7-8-18)17(2)28(31)32/h3-6,10,12-15,17-18,25-26H,7-9,11H2,1-2H3,(H,31,32)/t17-,25+,26-/m0/s1. The van der Waals surface area contributed by atoms with Crippen LogP contribution in [-0.2, 0) is 11.2 Å². The van der Waals surface area contributed by atoms with Crippen molar-refractivity contribution in [1.82, 2.24) is 4.98 Å². The molecule has 5 rings (SSSR count). The quantitative estimate of drug-likeness (QED) is 0.452. The van der Waals surface area contributed by atoms with Crippen molar-refractivity contribution in [2.75, 3.05) is 0 Å². The fourth-order valence-corrected chi connectivity index (χ4v) is 5.09. The van der Waals surface area contributed by atoms with Crippen LogP contribution in [-0.4, -0.2) is 16.1 Å². The SMILES string of the molecule is Cc1ccc(F)c(-c2cnc3c(c2)CC[C@H]3Oc2cccc([C@H](C3CC3)[C@H](C)C(=O)O)c2)c1. The van der Waals surface area contributed by atoms with E-state index in [-0.39, 0.29) is 17.8 Å². The van der Waals surface area contributed by atoms with E-state index in [1.165, 1.54) is 6.07 Å². The maximum atomic E-state index is 14.4. The van der Waals surface area contributed by atoms with E-state index in [1.54, 1.807) is 19.2 Å². The number of carboxylic acid groups (broad SMARTS) is 1. The Morgan fingerprint density at radius 1 is 1.15 bits per heavy atom. The van der Waals surface area contributed by atoms with Gasteiger partial charge in [-0.25, -0.2) is 4.39 Å². The van der Waals surface area contributed by atoms with Crippen LogP contribution in [0.1, 0.15) is 60.6 Å². The molecule has 33 heavy (non-hydrogen) atoms. The van der Waals surface area contributed by atoms with Gasteiger partial charge >= 0.3 is 5.97 Å². The molecule has 4 nitrogen and oxygen atoms in total. The lowest BCUT2D eigenvalue weighted by Gasteiger charge is -2.22. The van der Waals surface area contributed by atoms with Crippen molar-refractivity contribution in [3.63, 3.8) is 0 Å². The minimum Gasteiger partial charge on any atom is -0.484 e. The van der Waals surface area contributed by atoms with Crippen molar-refractivity contribution in [1.29, 1.82) is 0 Å². The molecule has 0 radical (unpaired) electrons. The summed E-state index contributed by atoms with van der Waals surface area (Å²) in [7, 11) is 0. The lowest BCUT2D eigenvalue weighted by Crippen LogP contribution is -2.20. The molecular formula is C28H28FNO3. The summed E-state index contributed by atoms with van der Waals surface area (Å²) >= 11 is 0. The predicted molar refractivity (Wildman–Crippen MR) is 125 cm³/mol. The smallest absolute Gasteiger partial charge is 0.306 e. The van der Waals surface area contributed by atoms with Crippen LogP contribution in [0.4, 0.5) is 4.39 Å². The maximum Gasteiger partial charge on any atom is 0.306 e. The van der Waals surface area contributed by atoms with Gasteiger partial charge in [-0.15, -0.1) is 0 Å². The zero-order chi connectivity index (χ0) is 23.1. The Kier molecular flexibility index (Phi) is 5.65. The Bertz CT molecular complexity index is 1200. The van der Waals surface area contributed by atoms with Gasteiger partial charge < -0.3 is 9.84 Å². The van der Waals surface area contributed by atoms with Gasteiger partial charge in [-0.05, 0) is 85.9 Å². The Balaban J connectivity index is 1.37. The third-order valence-electron chi connectivity index (χ3n) is 6.99. The number of aromatic nitrogens is 1. The molecule has 3 atom stereocenters. The lowest BCUT2D eigenvalue weighted by molar-refractivity contribution is -0.142. The first-order chi connectivity index (χ1) is 15.9. The molecule has 0 spiro atoms. The summed E-state index contributed by atoms with van der Waals surface area (Å²) in [6.45, 7) is 3.75. The summed E-state index contributed by atoms with van der Waals surface area (Å²) in [6.07, 6.45) is 5.36. The van der Waals surface area contributed by atoms with Gasteiger partial charge in [0.1, 0.15) is 17.7 Å². The molecule has 1 aromatic heterocycles. The molecule has 0 amide bonds. The van der Waals surface area contributed by atoms with Crippen LogP contribution in [0.2, 0.25) is 0 Å². The number of pyridine rings is 1. The van der Waals surface area contributed by atoms with E-state index < -0.39 is 11.9 Å². The van der Waals surface area contributed by atoms with Gasteiger partial charge in [0.2, 0.25) is 0 Å². The number of hydrogen-bond acceptors (Lipinski definition) is 3. The topological polar surface area (TPSA) is 59.4 Å². The number of aryl methyl sites for hydroxylation is 2. The van der Waals surface area contributed by atoms with Gasteiger partial charge in [0, 0.05) is 17.3 Å². The molecule has 2 aromatic carbocycles. The summed E-state index contributed by atoms with van der Waals surface area (Å²) < 4.78 is 20.7. The van der Waals surface area contributed by atoms with E-state index in [9.17, 15) is 14.3 Å². The van der Waals surface area contributed by atoms with Crippen LogP contribution in [0.5, 0.6) is 5.75 Å².